The molecule has 2 aromatic rings. The summed E-state index contributed by atoms with van der Waals surface area (Å²) in [4.78, 5) is 11.3. The molecule has 0 saturated carbocycles. The summed E-state index contributed by atoms with van der Waals surface area (Å²) in [5.74, 6) is 0.796. The Hall–Kier alpha value is -1.39. The minimum absolute atomic E-state index is 0.381. The van der Waals surface area contributed by atoms with Crippen LogP contribution in [0, 0.1) is 0 Å². The van der Waals surface area contributed by atoms with Crippen LogP contribution in [-0.2, 0) is 0 Å². The second kappa shape index (κ2) is 4.71. The first-order valence-corrected chi connectivity index (χ1v) is 6.53. The zero-order chi connectivity index (χ0) is 12.5. The van der Waals surface area contributed by atoms with E-state index < -0.39 is 0 Å². The van der Waals surface area contributed by atoms with E-state index in [0.29, 0.717) is 11.2 Å². The Morgan fingerprint density at radius 2 is 2.00 bits per heavy atom. The van der Waals surface area contributed by atoms with Crippen LogP contribution in [-0.4, -0.2) is 35.6 Å². The van der Waals surface area contributed by atoms with Gasteiger partial charge in [0, 0.05) is 25.7 Å². The zero-order valence-electron chi connectivity index (χ0n) is 10.2. The van der Waals surface area contributed by atoms with Crippen molar-refractivity contribution in [1.29, 1.82) is 0 Å². The van der Waals surface area contributed by atoms with Gasteiger partial charge in [0.2, 0.25) is 0 Å². The highest BCUT2D eigenvalue weighted by Crippen LogP contribution is 2.26. The molecule has 1 saturated heterocycles. The Balaban J connectivity index is 2.07. The van der Waals surface area contributed by atoms with E-state index in [0.717, 1.165) is 36.5 Å². The third-order valence-corrected chi connectivity index (χ3v) is 3.54. The Bertz CT molecular complexity index is 572. The molecule has 0 unspecified atom stereocenters. The zero-order valence-corrected chi connectivity index (χ0v) is 11.0. The summed E-state index contributed by atoms with van der Waals surface area (Å²) in [7, 11) is 0. The number of anilines is 1. The predicted octanol–water partition coefficient (Wildman–Crippen LogP) is 2.08. The molecule has 1 atom stereocenters. The monoisotopic (exact) mass is 262 g/mol. The van der Waals surface area contributed by atoms with Crippen LogP contribution in [0.25, 0.3) is 11.0 Å². The van der Waals surface area contributed by atoms with Gasteiger partial charge in [-0.2, -0.15) is 0 Å². The van der Waals surface area contributed by atoms with Gasteiger partial charge >= 0.3 is 0 Å². The van der Waals surface area contributed by atoms with Crippen molar-refractivity contribution in [2.45, 2.75) is 13.0 Å². The number of nitrogens with one attached hydrogen (secondary N) is 1. The highest BCUT2D eigenvalue weighted by Gasteiger charge is 2.22. The minimum atomic E-state index is 0.381. The van der Waals surface area contributed by atoms with Crippen molar-refractivity contribution in [3.8, 4) is 0 Å². The van der Waals surface area contributed by atoms with Crippen LogP contribution < -0.4 is 10.2 Å². The fourth-order valence-electron chi connectivity index (χ4n) is 2.31. The molecule has 4 nitrogen and oxygen atoms in total. The van der Waals surface area contributed by atoms with Crippen LogP contribution in [0.3, 0.4) is 0 Å². The van der Waals surface area contributed by atoms with Crippen molar-refractivity contribution >= 4 is 28.5 Å². The normalized spacial score (nSPS) is 20.3. The van der Waals surface area contributed by atoms with Crippen molar-refractivity contribution in [3.05, 3.63) is 29.4 Å². The number of fused-ring (bicyclic) bond motifs is 1. The Morgan fingerprint density at radius 1 is 1.28 bits per heavy atom. The van der Waals surface area contributed by atoms with Gasteiger partial charge in [-0.3, -0.25) is 0 Å². The first-order valence-electron chi connectivity index (χ1n) is 6.15. The summed E-state index contributed by atoms with van der Waals surface area (Å²) in [5, 5.41) is 3.85. The van der Waals surface area contributed by atoms with E-state index in [9.17, 15) is 0 Å². The third-order valence-electron chi connectivity index (χ3n) is 3.28. The average molecular weight is 263 g/mol. The van der Waals surface area contributed by atoms with E-state index in [1.807, 2.05) is 24.3 Å². The molecule has 5 heteroatoms. The van der Waals surface area contributed by atoms with Crippen LogP contribution in [0.2, 0.25) is 5.15 Å². The van der Waals surface area contributed by atoms with Crippen molar-refractivity contribution in [2.75, 3.05) is 24.5 Å². The smallest absolute Gasteiger partial charge is 0.172 e. The Morgan fingerprint density at radius 3 is 2.72 bits per heavy atom. The van der Waals surface area contributed by atoms with E-state index >= 15 is 0 Å². The molecule has 94 valence electrons. The number of nitrogens with zero attached hydrogens (tertiary/aromatic N) is 3. The molecule has 1 N–H and O–H groups in total. The number of piperazine rings is 1. The molecular weight excluding hydrogens is 248 g/mol. The maximum Gasteiger partial charge on any atom is 0.172 e. The maximum atomic E-state index is 6.27. The lowest BCUT2D eigenvalue weighted by Gasteiger charge is -2.35. The van der Waals surface area contributed by atoms with Crippen LogP contribution in [0.4, 0.5) is 5.82 Å². The molecule has 1 aromatic carbocycles. The van der Waals surface area contributed by atoms with Gasteiger partial charge < -0.3 is 10.2 Å². The lowest BCUT2D eigenvalue weighted by molar-refractivity contribution is 0.497. The second-order valence-electron chi connectivity index (χ2n) is 4.57. The second-order valence-corrected chi connectivity index (χ2v) is 4.93. The third kappa shape index (κ3) is 2.02. The standard InChI is InChI=1S/C13H15ClN4/c1-9-8-15-6-7-18(9)13-12(14)16-10-4-2-3-5-11(10)17-13/h2-5,9,15H,6-8H2,1H3/t9-/m0/s1. The van der Waals surface area contributed by atoms with E-state index in [2.05, 4.69) is 27.1 Å². The maximum absolute atomic E-state index is 6.27. The highest BCUT2D eigenvalue weighted by molar-refractivity contribution is 6.32. The van der Waals surface area contributed by atoms with Crippen LogP contribution in [0.5, 0.6) is 0 Å². The van der Waals surface area contributed by atoms with Gasteiger partial charge in [0.05, 0.1) is 11.0 Å². The van der Waals surface area contributed by atoms with E-state index in [-0.39, 0.29) is 0 Å². The van der Waals surface area contributed by atoms with Crippen molar-refractivity contribution in [2.24, 2.45) is 0 Å². The number of aromatic nitrogens is 2. The molecule has 2 heterocycles. The molecule has 0 radical (unpaired) electrons. The van der Waals surface area contributed by atoms with Crippen LogP contribution >= 0.6 is 11.6 Å². The lowest BCUT2D eigenvalue weighted by atomic mass is 10.2. The van der Waals surface area contributed by atoms with Gasteiger partial charge in [-0.15, -0.1) is 0 Å². The lowest BCUT2D eigenvalue weighted by Crippen LogP contribution is -2.50. The molecular formula is C13H15ClN4. The van der Waals surface area contributed by atoms with Crippen LogP contribution in [0.1, 0.15) is 6.92 Å². The topological polar surface area (TPSA) is 41.0 Å². The Kier molecular flexibility index (Phi) is 3.06. The van der Waals surface area contributed by atoms with E-state index in [1.165, 1.54) is 0 Å². The summed E-state index contributed by atoms with van der Waals surface area (Å²) >= 11 is 6.27. The van der Waals surface area contributed by atoms with Crippen LogP contribution in [0.15, 0.2) is 24.3 Å². The van der Waals surface area contributed by atoms with Crippen molar-refractivity contribution < 1.29 is 0 Å². The molecule has 0 aliphatic carbocycles. The first kappa shape index (κ1) is 11.7. The number of rotatable bonds is 1. The van der Waals surface area contributed by atoms with Gasteiger partial charge in [0.1, 0.15) is 0 Å². The number of hydrogen-bond donors (Lipinski definition) is 1. The summed E-state index contributed by atoms with van der Waals surface area (Å²) in [6, 6.07) is 8.19. The summed E-state index contributed by atoms with van der Waals surface area (Å²) in [5.41, 5.74) is 1.73. The van der Waals surface area contributed by atoms with Crippen molar-refractivity contribution in [1.82, 2.24) is 15.3 Å². The largest absolute Gasteiger partial charge is 0.349 e. The van der Waals surface area contributed by atoms with Gasteiger partial charge in [-0.1, -0.05) is 23.7 Å². The summed E-state index contributed by atoms with van der Waals surface area (Å²) < 4.78 is 0. The molecule has 0 amide bonds. The molecule has 18 heavy (non-hydrogen) atoms. The molecule has 0 bridgehead atoms. The summed E-state index contributed by atoms with van der Waals surface area (Å²) in [6.07, 6.45) is 0. The number of benzene rings is 1. The molecule has 1 aliphatic rings. The molecule has 1 aliphatic heterocycles. The van der Waals surface area contributed by atoms with E-state index in [1.54, 1.807) is 0 Å². The quantitative estimate of drug-likeness (QED) is 0.854. The predicted molar refractivity (Wildman–Crippen MR) is 74.2 cm³/mol. The minimum Gasteiger partial charge on any atom is -0.349 e. The summed E-state index contributed by atoms with van der Waals surface area (Å²) in [6.45, 7) is 4.98. The molecule has 1 aromatic heterocycles. The number of halogens is 1. The number of para-hydroxylation sites is 2. The van der Waals surface area contributed by atoms with Gasteiger partial charge in [-0.25, -0.2) is 9.97 Å². The van der Waals surface area contributed by atoms with Gasteiger partial charge in [-0.05, 0) is 19.1 Å². The SMILES string of the molecule is C[C@H]1CNCCN1c1nc2ccccc2nc1Cl. The number of hydrogen-bond acceptors (Lipinski definition) is 4. The molecule has 0 spiro atoms. The van der Waals surface area contributed by atoms with E-state index in [4.69, 9.17) is 11.6 Å². The Labute approximate surface area is 111 Å². The first-order chi connectivity index (χ1) is 8.75. The van der Waals surface area contributed by atoms with Crippen molar-refractivity contribution in [3.63, 3.8) is 0 Å². The molecule has 3 rings (SSSR count). The fourth-order valence-corrected chi connectivity index (χ4v) is 2.55. The van der Waals surface area contributed by atoms with Gasteiger partial charge in [0.25, 0.3) is 0 Å². The molecule has 1 fully saturated rings. The fraction of sp³-hybridized carbons (Fsp3) is 0.385. The average Bonchev–Trinajstić information content (AvgIpc) is 2.39. The highest BCUT2D eigenvalue weighted by atomic mass is 35.5. The van der Waals surface area contributed by atoms with Gasteiger partial charge in [0.15, 0.2) is 11.0 Å².